The van der Waals surface area contributed by atoms with E-state index in [1.165, 1.54) is 23.5 Å². The Bertz CT molecular complexity index is 643. The van der Waals surface area contributed by atoms with E-state index in [0.717, 1.165) is 13.0 Å². The molecular weight excluding hydrogens is 317 g/mol. The maximum Gasteiger partial charge on any atom is 0.263 e. The molecular formula is C16H20FN3O2S. The zero-order chi connectivity index (χ0) is 16.7. The molecule has 0 spiro atoms. The van der Waals surface area contributed by atoms with Gasteiger partial charge in [0, 0.05) is 6.54 Å². The minimum Gasteiger partial charge on any atom is -0.486 e. The van der Waals surface area contributed by atoms with Crippen LogP contribution >= 0.6 is 11.3 Å². The molecule has 0 aliphatic heterocycles. The van der Waals surface area contributed by atoms with Crippen LogP contribution in [0.4, 0.5) is 4.39 Å². The average molecular weight is 337 g/mol. The van der Waals surface area contributed by atoms with Gasteiger partial charge < -0.3 is 15.4 Å². The first-order valence-corrected chi connectivity index (χ1v) is 8.19. The van der Waals surface area contributed by atoms with Crippen molar-refractivity contribution in [1.29, 1.82) is 0 Å². The number of amides is 1. The van der Waals surface area contributed by atoms with Gasteiger partial charge in [0.05, 0.1) is 5.69 Å². The van der Waals surface area contributed by atoms with Crippen molar-refractivity contribution in [3.8, 4) is 5.75 Å². The summed E-state index contributed by atoms with van der Waals surface area (Å²) in [6, 6.07) is 5.80. The van der Waals surface area contributed by atoms with E-state index in [1.807, 2.05) is 7.05 Å². The van der Waals surface area contributed by atoms with Crippen molar-refractivity contribution >= 4 is 17.2 Å². The second-order valence-electron chi connectivity index (χ2n) is 4.98. The normalized spacial score (nSPS) is 10.6. The zero-order valence-corrected chi connectivity index (χ0v) is 14.0. The zero-order valence-electron chi connectivity index (χ0n) is 13.2. The highest BCUT2D eigenvalue weighted by atomic mass is 32.1. The van der Waals surface area contributed by atoms with Crippen molar-refractivity contribution < 1.29 is 13.9 Å². The first-order valence-electron chi connectivity index (χ1n) is 7.37. The van der Waals surface area contributed by atoms with Gasteiger partial charge in [-0.3, -0.25) is 4.79 Å². The number of halogens is 1. The lowest BCUT2D eigenvalue weighted by atomic mass is 10.3. The van der Waals surface area contributed by atoms with Gasteiger partial charge in [0.15, 0.2) is 0 Å². The number of carbonyl (C=O) groups is 1. The number of aromatic nitrogens is 1. The number of ether oxygens (including phenoxy) is 1. The number of carbonyl (C=O) groups excluding carboxylic acids is 1. The minimum atomic E-state index is -0.306. The predicted molar refractivity (Wildman–Crippen MR) is 88.5 cm³/mol. The number of hydrogen-bond donors (Lipinski definition) is 2. The van der Waals surface area contributed by atoms with Gasteiger partial charge in [-0.15, -0.1) is 11.3 Å². The second-order valence-corrected chi connectivity index (χ2v) is 6.06. The monoisotopic (exact) mass is 337 g/mol. The highest BCUT2D eigenvalue weighted by Gasteiger charge is 2.15. The van der Waals surface area contributed by atoms with Crippen molar-refractivity contribution in [3.05, 3.63) is 45.7 Å². The van der Waals surface area contributed by atoms with E-state index in [4.69, 9.17) is 4.74 Å². The lowest BCUT2D eigenvalue weighted by Gasteiger charge is -2.03. The standard InChI is InChI=1S/C16H20FN3O2S/c1-11-15(16(21)19-9-3-8-18-2)23-14(20-11)10-22-13-6-4-12(17)5-7-13/h4-7,18H,3,8-10H2,1-2H3,(H,19,21). The van der Waals surface area contributed by atoms with Crippen LogP contribution in [0.25, 0.3) is 0 Å². The quantitative estimate of drug-likeness (QED) is 0.727. The number of nitrogens with zero attached hydrogens (tertiary/aromatic N) is 1. The number of benzene rings is 1. The van der Waals surface area contributed by atoms with Crippen molar-refractivity contribution in [2.24, 2.45) is 0 Å². The lowest BCUT2D eigenvalue weighted by Crippen LogP contribution is -2.26. The van der Waals surface area contributed by atoms with E-state index in [1.54, 1.807) is 19.1 Å². The second kappa shape index (κ2) is 8.59. The molecule has 1 amide bonds. The van der Waals surface area contributed by atoms with Crippen LogP contribution in [0.1, 0.15) is 26.8 Å². The Kier molecular flexibility index (Phi) is 6.49. The van der Waals surface area contributed by atoms with Gasteiger partial charge in [-0.1, -0.05) is 0 Å². The topological polar surface area (TPSA) is 63.2 Å². The molecule has 7 heteroatoms. The van der Waals surface area contributed by atoms with Gasteiger partial charge in [-0.05, 0) is 51.2 Å². The van der Waals surface area contributed by atoms with E-state index in [2.05, 4.69) is 15.6 Å². The fourth-order valence-corrected chi connectivity index (χ4v) is 2.84. The van der Waals surface area contributed by atoms with Gasteiger partial charge in [-0.2, -0.15) is 0 Å². The van der Waals surface area contributed by atoms with Crippen LogP contribution in [0.3, 0.4) is 0 Å². The summed E-state index contributed by atoms with van der Waals surface area (Å²) in [7, 11) is 1.88. The van der Waals surface area contributed by atoms with Crippen molar-refractivity contribution in [1.82, 2.24) is 15.6 Å². The van der Waals surface area contributed by atoms with Crippen LogP contribution in [-0.4, -0.2) is 31.0 Å². The lowest BCUT2D eigenvalue weighted by molar-refractivity contribution is 0.0956. The molecule has 0 fully saturated rings. The minimum absolute atomic E-state index is 0.107. The van der Waals surface area contributed by atoms with Crippen LogP contribution in [0.2, 0.25) is 0 Å². The highest BCUT2D eigenvalue weighted by molar-refractivity contribution is 7.13. The van der Waals surface area contributed by atoms with E-state index in [0.29, 0.717) is 27.9 Å². The summed E-state index contributed by atoms with van der Waals surface area (Å²) in [5, 5.41) is 6.62. The molecule has 0 atom stereocenters. The molecule has 1 aromatic heterocycles. The van der Waals surface area contributed by atoms with Crippen molar-refractivity contribution in [2.75, 3.05) is 20.1 Å². The van der Waals surface area contributed by atoms with Gasteiger partial charge in [0.1, 0.15) is 28.1 Å². The molecule has 124 valence electrons. The number of nitrogens with one attached hydrogen (secondary N) is 2. The summed E-state index contributed by atoms with van der Waals surface area (Å²) >= 11 is 1.32. The van der Waals surface area contributed by atoms with E-state index >= 15 is 0 Å². The van der Waals surface area contributed by atoms with Gasteiger partial charge in [-0.25, -0.2) is 9.37 Å². The van der Waals surface area contributed by atoms with Crippen LogP contribution in [0, 0.1) is 12.7 Å². The molecule has 2 rings (SSSR count). The van der Waals surface area contributed by atoms with Gasteiger partial charge in [0.25, 0.3) is 5.91 Å². The SMILES string of the molecule is CNCCCNC(=O)c1sc(COc2ccc(F)cc2)nc1C. The fraction of sp³-hybridized carbons (Fsp3) is 0.375. The first kappa shape index (κ1) is 17.4. The molecule has 23 heavy (non-hydrogen) atoms. The predicted octanol–water partition coefficient (Wildman–Crippen LogP) is 2.51. The third kappa shape index (κ3) is 5.30. The van der Waals surface area contributed by atoms with Crippen LogP contribution in [0.15, 0.2) is 24.3 Å². The molecule has 1 heterocycles. The van der Waals surface area contributed by atoms with Crippen LogP contribution in [0.5, 0.6) is 5.75 Å². The van der Waals surface area contributed by atoms with E-state index in [-0.39, 0.29) is 18.3 Å². The van der Waals surface area contributed by atoms with Crippen LogP contribution < -0.4 is 15.4 Å². The molecule has 0 bridgehead atoms. The average Bonchev–Trinajstić information content (AvgIpc) is 2.92. The number of aryl methyl sites for hydroxylation is 1. The summed E-state index contributed by atoms with van der Waals surface area (Å²) < 4.78 is 18.4. The molecule has 0 saturated carbocycles. The summed E-state index contributed by atoms with van der Waals surface area (Å²) in [5.74, 6) is 0.154. The molecule has 0 saturated heterocycles. The summed E-state index contributed by atoms with van der Waals surface area (Å²) in [6.45, 7) is 3.54. The Hall–Kier alpha value is -1.99. The maximum absolute atomic E-state index is 12.8. The Morgan fingerprint density at radius 1 is 1.30 bits per heavy atom. The molecule has 2 aromatic rings. The first-order chi connectivity index (χ1) is 11.1. The molecule has 0 unspecified atom stereocenters. The van der Waals surface area contributed by atoms with Crippen molar-refractivity contribution in [2.45, 2.75) is 20.0 Å². The number of rotatable bonds is 8. The largest absolute Gasteiger partial charge is 0.486 e. The van der Waals surface area contributed by atoms with Gasteiger partial charge in [0.2, 0.25) is 0 Å². The Morgan fingerprint density at radius 2 is 2.04 bits per heavy atom. The summed E-state index contributed by atoms with van der Waals surface area (Å²) in [5.41, 5.74) is 0.693. The third-order valence-corrected chi connectivity index (χ3v) is 4.24. The molecule has 0 aliphatic rings. The Balaban J connectivity index is 1.89. The molecule has 0 aliphatic carbocycles. The Labute approximate surface area is 138 Å². The molecule has 2 N–H and O–H groups in total. The Morgan fingerprint density at radius 3 is 2.74 bits per heavy atom. The summed E-state index contributed by atoms with van der Waals surface area (Å²) in [6.07, 6.45) is 0.876. The summed E-state index contributed by atoms with van der Waals surface area (Å²) in [4.78, 5) is 17.1. The fourth-order valence-electron chi connectivity index (χ4n) is 1.95. The van der Waals surface area contributed by atoms with E-state index in [9.17, 15) is 9.18 Å². The molecule has 1 aromatic carbocycles. The van der Waals surface area contributed by atoms with E-state index < -0.39 is 0 Å². The molecule has 0 radical (unpaired) electrons. The van der Waals surface area contributed by atoms with Gasteiger partial charge >= 0.3 is 0 Å². The molecule has 5 nitrogen and oxygen atoms in total. The highest BCUT2D eigenvalue weighted by Crippen LogP contribution is 2.20. The third-order valence-electron chi connectivity index (χ3n) is 3.11. The van der Waals surface area contributed by atoms with Crippen molar-refractivity contribution in [3.63, 3.8) is 0 Å². The smallest absolute Gasteiger partial charge is 0.263 e. The number of thiazole rings is 1. The van der Waals surface area contributed by atoms with Crippen LogP contribution in [-0.2, 0) is 6.61 Å². The number of hydrogen-bond acceptors (Lipinski definition) is 5. The maximum atomic E-state index is 12.8.